The van der Waals surface area contributed by atoms with Crippen molar-refractivity contribution in [3.8, 4) is 17.2 Å². The van der Waals surface area contributed by atoms with Crippen LogP contribution in [0, 0.1) is 6.92 Å². The van der Waals surface area contributed by atoms with Gasteiger partial charge in [-0.3, -0.25) is 19.3 Å². The zero-order valence-corrected chi connectivity index (χ0v) is 21.3. The van der Waals surface area contributed by atoms with Crippen molar-refractivity contribution in [1.29, 1.82) is 0 Å². The van der Waals surface area contributed by atoms with Crippen LogP contribution >= 0.6 is 11.3 Å². The van der Waals surface area contributed by atoms with E-state index >= 15 is 0 Å². The Balaban J connectivity index is 1.70. The Hall–Kier alpha value is -4.18. The Morgan fingerprint density at radius 2 is 1.92 bits per heavy atom. The van der Waals surface area contributed by atoms with Crippen LogP contribution in [0.5, 0.6) is 17.2 Å². The van der Waals surface area contributed by atoms with Crippen molar-refractivity contribution in [2.45, 2.75) is 26.8 Å². The first-order valence-corrected chi connectivity index (χ1v) is 12.5. The van der Waals surface area contributed by atoms with Crippen LogP contribution < -0.4 is 19.1 Å². The minimum Gasteiger partial charge on any atom is -0.507 e. The van der Waals surface area contributed by atoms with Gasteiger partial charge in [0.05, 0.1) is 28.8 Å². The summed E-state index contributed by atoms with van der Waals surface area (Å²) in [7, 11) is 0. The molecule has 1 atom stereocenters. The van der Waals surface area contributed by atoms with Crippen molar-refractivity contribution in [2.24, 2.45) is 0 Å². The van der Waals surface area contributed by atoms with E-state index in [2.05, 4.69) is 4.98 Å². The number of hydrogen-bond acceptors (Lipinski definition) is 9. The number of nitrogens with zero attached hydrogens (tertiary/aromatic N) is 2. The fourth-order valence-electron chi connectivity index (χ4n) is 4.44. The fraction of sp³-hybridized carbons (Fsp3) is 0.259. The lowest BCUT2D eigenvalue weighted by Crippen LogP contribution is -2.29. The summed E-state index contributed by atoms with van der Waals surface area (Å²) < 4.78 is 16.8. The lowest BCUT2D eigenvalue weighted by molar-refractivity contribution is -0.132. The summed E-state index contributed by atoms with van der Waals surface area (Å²) in [6, 6.07) is 10.8. The highest BCUT2D eigenvalue weighted by atomic mass is 32.1. The number of aryl methyl sites for hydroxylation is 1. The molecule has 0 radical (unpaired) electrons. The summed E-state index contributed by atoms with van der Waals surface area (Å²) in [5, 5.41) is 11.6. The van der Waals surface area contributed by atoms with Gasteiger partial charge < -0.3 is 19.3 Å². The van der Waals surface area contributed by atoms with Gasteiger partial charge in [0.1, 0.15) is 24.7 Å². The number of aliphatic hydroxyl groups excluding tert-OH is 1. The maximum Gasteiger partial charge on any atom is 0.301 e. The molecule has 2 aromatic carbocycles. The number of aromatic nitrogens is 1. The third kappa shape index (κ3) is 4.33. The molecule has 1 fully saturated rings. The van der Waals surface area contributed by atoms with Crippen LogP contribution in [0.15, 0.2) is 48.0 Å². The zero-order valence-electron chi connectivity index (χ0n) is 20.4. The SMILES string of the molecule is CCOc1cccc([C@H]2C(=C(O)c3ccc4c(c3)OCCO4)C(=O)C(=O)N2c2nc(C)c(C(C)=O)s2)c1. The number of anilines is 1. The fourth-order valence-corrected chi connectivity index (χ4v) is 5.43. The third-order valence-corrected chi connectivity index (χ3v) is 7.31. The average Bonchev–Trinajstić information content (AvgIpc) is 3.40. The van der Waals surface area contributed by atoms with Crippen LogP contribution in [0.2, 0.25) is 0 Å². The molecule has 0 saturated carbocycles. The highest BCUT2D eigenvalue weighted by Gasteiger charge is 2.48. The number of Topliss-reactive ketones (excluding diaryl/α,β-unsaturated/α-hetero) is 2. The number of fused-ring (bicyclic) bond motifs is 1. The number of carbonyl (C=O) groups excluding carboxylic acids is 3. The number of carbonyl (C=O) groups is 3. The molecule has 2 aliphatic heterocycles. The Morgan fingerprint density at radius 1 is 1.16 bits per heavy atom. The summed E-state index contributed by atoms with van der Waals surface area (Å²) >= 11 is 1.03. The summed E-state index contributed by atoms with van der Waals surface area (Å²) in [6.07, 6.45) is 0. The Bertz CT molecular complexity index is 1460. The van der Waals surface area contributed by atoms with E-state index in [0.29, 0.717) is 58.8 Å². The molecule has 9 nitrogen and oxygen atoms in total. The second-order valence-corrected chi connectivity index (χ2v) is 9.48. The van der Waals surface area contributed by atoms with E-state index in [0.717, 1.165) is 11.3 Å². The molecule has 0 bridgehead atoms. The van der Waals surface area contributed by atoms with Gasteiger partial charge in [-0.2, -0.15) is 0 Å². The number of benzene rings is 2. The normalized spacial score (nSPS) is 18.2. The van der Waals surface area contributed by atoms with Crippen LogP contribution in [-0.2, 0) is 9.59 Å². The van der Waals surface area contributed by atoms with E-state index in [-0.39, 0.29) is 22.2 Å². The molecule has 0 unspecified atom stereocenters. The van der Waals surface area contributed by atoms with Crippen LogP contribution in [-0.4, -0.2) is 47.4 Å². The predicted octanol–water partition coefficient (Wildman–Crippen LogP) is 4.45. The smallest absolute Gasteiger partial charge is 0.301 e. The standard InChI is InChI=1S/C27H24N2O7S/c1-4-34-18-7-5-6-16(12-18)22-21(23(31)17-8-9-19-20(13-17)36-11-10-35-19)24(32)26(33)29(22)27-28-14(2)25(37-27)15(3)30/h5-9,12-13,22,31H,4,10-11H2,1-3H3/t22-/m0/s1. The van der Waals surface area contributed by atoms with Gasteiger partial charge in [0, 0.05) is 12.5 Å². The van der Waals surface area contributed by atoms with Crippen molar-refractivity contribution in [2.75, 3.05) is 24.7 Å². The number of thiazole rings is 1. The summed E-state index contributed by atoms with van der Waals surface area (Å²) in [5.74, 6) is -0.759. The summed E-state index contributed by atoms with van der Waals surface area (Å²) in [4.78, 5) is 45.0. The number of aliphatic hydroxyl groups is 1. The van der Waals surface area contributed by atoms with Crippen molar-refractivity contribution < 1.29 is 33.7 Å². The van der Waals surface area contributed by atoms with Crippen LogP contribution in [0.3, 0.4) is 0 Å². The van der Waals surface area contributed by atoms with Crippen LogP contribution in [0.25, 0.3) is 5.76 Å². The highest BCUT2D eigenvalue weighted by molar-refractivity contribution is 7.18. The van der Waals surface area contributed by atoms with Crippen molar-refractivity contribution in [3.05, 3.63) is 69.7 Å². The number of hydrogen-bond donors (Lipinski definition) is 1. The highest BCUT2D eigenvalue weighted by Crippen LogP contribution is 2.45. The van der Waals surface area contributed by atoms with Gasteiger partial charge in [-0.1, -0.05) is 23.5 Å². The maximum atomic E-state index is 13.4. The molecule has 10 heteroatoms. The average molecular weight is 521 g/mol. The summed E-state index contributed by atoms with van der Waals surface area (Å²) in [5.41, 5.74) is 1.20. The van der Waals surface area contributed by atoms with E-state index in [9.17, 15) is 19.5 Å². The molecule has 1 amide bonds. The molecule has 5 rings (SSSR count). The molecule has 3 aromatic rings. The quantitative estimate of drug-likeness (QED) is 0.219. The first-order valence-electron chi connectivity index (χ1n) is 11.7. The summed E-state index contributed by atoms with van der Waals surface area (Å²) in [6.45, 7) is 6.14. The second kappa shape index (κ2) is 9.70. The van der Waals surface area contributed by atoms with Gasteiger partial charge in [-0.25, -0.2) is 4.98 Å². The molecule has 37 heavy (non-hydrogen) atoms. The molecule has 1 aromatic heterocycles. The van der Waals surface area contributed by atoms with Crippen LogP contribution in [0.1, 0.15) is 46.4 Å². The van der Waals surface area contributed by atoms with E-state index in [1.165, 1.54) is 11.8 Å². The second-order valence-electron chi connectivity index (χ2n) is 8.50. The number of rotatable bonds is 6. The van der Waals surface area contributed by atoms with E-state index in [1.807, 2.05) is 6.92 Å². The number of ether oxygens (including phenoxy) is 3. The number of ketones is 2. The van der Waals surface area contributed by atoms with Crippen molar-refractivity contribution in [3.63, 3.8) is 0 Å². The molecule has 2 aliphatic rings. The van der Waals surface area contributed by atoms with Crippen molar-refractivity contribution >= 4 is 39.7 Å². The van der Waals surface area contributed by atoms with Gasteiger partial charge in [0.25, 0.3) is 5.78 Å². The Labute approximate surface area is 216 Å². The van der Waals surface area contributed by atoms with Crippen molar-refractivity contribution in [1.82, 2.24) is 4.98 Å². The van der Waals surface area contributed by atoms with Gasteiger partial charge in [0.15, 0.2) is 22.4 Å². The first kappa shape index (κ1) is 24.5. The molecule has 0 aliphatic carbocycles. The topological polar surface area (TPSA) is 115 Å². The van der Waals surface area contributed by atoms with Gasteiger partial charge in [-0.15, -0.1) is 0 Å². The molecule has 1 N–H and O–H groups in total. The zero-order chi connectivity index (χ0) is 26.3. The third-order valence-electron chi connectivity index (χ3n) is 6.06. The van der Waals surface area contributed by atoms with Gasteiger partial charge in [0.2, 0.25) is 0 Å². The van der Waals surface area contributed by atoms with E-state index in [1.54, 1.807) is 49.4 Å². The largest absolute Gasteiger partial charge is 0.507 e. The molecular formula is C27H24N2O7S. The van der Waals surface area contributed by atoms with Crippen LogP contribution in [0.4, 0.5) is 5.13 Å². The molecular weight excluding hydrogens is 496 g/mol. The minimum atomic E-state index is -1.00. The maximum absolute atomic E-state index is 13.4. The molecule has 0 spiro atoms. The minimum absolute atomic E-state index is 0.104. The number of amides is 1. The van der Waals surface area contributed by atoms with E-state index in [4.69, 9.17) is 14.2 Å². The molecule has 1 saturated heterocycles. The monoisotopic (exact) mass is 520 g/mol. The van der Waals surface area contributed by atoms with Gasteiger partial charge in [-0.05, 0) is 49.7 Å². The molecule has 190 valence electrons. The first-order chi connectivity index (χ1) is 17.8. The lowest BCUT2D eigenvalue weighted by Gasteiger charge is -2.23. The Morgan fingerprint density at radius 3 is 2.62 bits per heavy atom. The molecule has 3 heterocycles. The van der Waals surface area contributed by atoms with Gasteiger partial charge >= 0.3 is 5.91 Å². The Kier molecular flexibility index (Phi) is 6.43. The van der Waals surface area contributed by atoms with E-state index < -0.39 is 17.7 Å². The lowest BCUT2D eigenvalue weighted by atomic mass is 9.95. The predicted molar refractivity (Wildman–Crippen MR) is 137 cm³/mol.